The summed E-state index contributed by atoms with van der Waals surface area (Å²) in [5.41, 5.74) is 0.0715. The Morgan fingerprint density at radius 2 is 1.25 bits per heavy atom. The number of aromatic carboxylic acids is 2. The van der Waals surface area contributed by atoms with E-state index in [2.05, 4.69) is 6.92 Å². The van der Waals surface area contributed by atoms with E-state index in [-0.39, 0.29) is 22.6 Å². The van der Waals surface area contributed by atoms with Crippen LogP contribution in [0.3, 0.4) is 0 Å². The smallest absolute Gasteiger partial charge is 0.339 e. The van der Waals surface area contributed by atoms with Crippen LogP contribution < -0.4 is 9.47 Å². The van der Waals surface area contributed by atoms with Crippen LogP contribution >= 0.6 is 0 Å². The fourth-order valence-corrected chi connectivity index (χ4v) is 2.83. The molecule has 2 rings (SSSR count). The summed E-state index contributed by atoms with van der Waals surface area (Å²) < 4.78 is 11.7. The first-order valence-corrected chi connectivity index (χ1v) is 9.51. The number of carbonyl (C=O) groups is 2. The number of ether oxygens (including phenoxy) is 2. The van der Waals surface area contributed by atoms with Gasteiger partial charge in [-0.2, -0.15) is 0 Å². The maximum absolute atomic E-state index is 11.4. The third-order valence-electron chi connectivity index (χ3n) is 4.30. The molecule has 0 saturated carbocycles. The molecular weight excluding hydrogens is 360 g/mol. The van der Waals surface area contributed by atoms with Crippen molar-refractivity contribution in [3.8, 4) is 11.5 Å². The number of hydrogen-bond donors (Lipinski definition) is 2. The molecule has 0 heterocycles. The predicted octanol–water partition coefficient (Wildman–Crippen LogP) is 5.23. The molecule has 0 atom stereocenters. The van der Waals surface area contributed by atoms with Crippen LogP contribution in [0.1, 0.15) is 66.2 Å². The zero-order valence-electron chi connectivity index (χ0n) is 16.0. The van der Waals surface area contributed by atoms with Gasteiger partial charge in [-0.05, 0) is 30.7 Å². The Kier molecular flexibility index (Phi) is 8.34. The highest BCUT2D eigenvalue weighted by Crippen LogP contribution is 2.25. The number of para-hydroxylation sites is 2. The fraction of sp³-hybridized carbons (Fsp3) is 0.364. The van der Waals surface area contributed by atoms with Crippen LogP contribution in [0.15, 0.2) is 48.5 Å². The van der Waals surface area contributed by atoms with Crippen molar-refractivity contribution in [2.75, 3.05) is 0 Å². The van der Waals surface area contributed by atoms with Crippen molar-refractivity contribution < 1.29 is 29.3 Å². The molecule has 0 radical (unpaired) electrons. The van der Waals surface area contributed by atoms with Gasteiger partial charge in [0.1, 0.15) is 22.6 Å². The third kappa shape index (κ3) is 6.30. The normalized spacial score (nSPS) is 10.6. The first kappa shape index (κ1) is 21.3. The van der Waals surface area contributed by atoms with Crippen molar-refractivity contribution in [2.45, 2.75) is 51.7 Å². The average molecular weight is 386 g/mol. The summed E-state index contributed by atoms with van der Waals surface area (Å²) in [6.07, 6.45) is 4.94. The van der Waals surface area contributed by atoms with Gasteiger partial charge in [-0.1, -0.05) is 56.9 Å². The zero-order valence-corrected chi connectivity index (χ0v) is 16.0. The lowest BCUT2D eigenvalue weighted by Gasteiger charge is -2.22. The molecule has 0 saturated heterocycles. The minimum Gasteiger partial charge on any atom is -0.478 e. The second-order valence-electron chi connectivity index (χ2n) is 6.47. The van der Waals surface area contributed by atoms with E-state index in [0.29, 0.717) is 6.42 Å². The summed E-state index contributed by atoms with van der Waals surface area (Å²) in [6.45, 7) is 2.14. The Bertz CT molecular complexity index is 727. The number of carboxylic acids is 2. The van der Waals surface area contributed by atoms with Gasteiger partial charge in [0, 0.05) is 6.42 Å². The van der Waals surface area contributed by atoms with Crippen LogP contribution in [0.5, 0.6) is 11.5 Å². The van der Waals surface area contributed by atoms with Crippen LogP contribution in [0.4, 0.5) is 0 Å². The Hall–Kier alpha value is -3.02. The highest BCUT2D eigenvalue weighted by atomic mass is 16.7. The van der Waals surface area contributed by atoms with Crippen molar-refractivity contribution in [3.05, 3.63) is 59.7 Å². The van der Waals surface area contributed by atoms with Gasteiger partial charge in [0.25, 0.3) is 0 Å². The van der Waals surface area contributed by atoms with Gasteiger partial charge in [0.05, 0.1) is 0 Å². The highest BCUT2D eigenvalue weighted by molar-refractivity contribution is 5.91. The Morgan fingerprint density at radius 1 is 0.786 bits per heavy atom. The molecule has 0 aliphatic rings. The maximum atomic E-state index is 11.4. The van der Waals surface area contributed by atoms with Crippen molar-refractivity contribution in [1.82, 2.24) is 0 Å². The molecule has 0 fully saturated rings. The molecule has 0 aromatic heterocycles. The topological polar surface area (TPSA) is 93.1 Å². The van der Waals surface area contributed by atoms with Gasteiger partial charge in [0.2, 0.25) is 6.29 Å². The first-order valence-electron chi connectivity index (χ1n) is 9.51. The SMILES string of the molecule is CCCCCCCC(Oc1ccccc1C(=O)O)Oc1ccccc1C(=O)O. The summed E-state index contributed by atoms with van der Waals surface area (Å²) >= 11 is 0. The van der Waals surface area contributed by atoms with E-state index in [4.69, 9.17) is 9.47 Å². The molecule has 2 N–H and O–H groups in total. The third-order valence-corrected chi connectivity index (χ3v) is 4.30. The van der Waals surface area contributed by atoms with E-state index in [1.807, 2.05) is 0 Å². The van der Waals surface area contributed by atoms with Crippen LogP contribution in [-0.4, -0.2) is 28.4 Å². The molecule has 0 aliphatic carbocycles. The number of carboxylic acid groups (broad SMARTS) is 2. The number of rotatable bonds is 12. The van der Waals surface area contributed by atoms with E-state index >= 15 is 0 Å². The summed E-state index contributed by atoms with van der Waals surface area (Å²) in [6, 6.07) is 12.7. The molecular formula is C22H26O6. The maximum Gasteiger partial charge on any atom is 0.339 e. The molecule has 0 spiro atoms. The molecule has 2 aromatic rings. The highest BCUT2D eigenvalue weighted by Gasteiger charge is 2.20. The average Bonchev–Trinajstić information content (AvgIpc) is 2.68. The van der Waals surface area contributed by atoms with Crippen molar-refractivity contribution in [2.24, 2.45) is 0 Å². The Labute approximate surface area is 164 Å². The Morgan fingerprint density at radius 3 is 1.71 bits per heavy atom. The van der Waals surface area contributed by atoms with Crippen molar-refractivity contribution in [3.63, 3.8) is 0 Å². The summed E-state index contributed by atoms with van der Waals surface area (Å²) in [7, 11) is 0. The minimum absolute atomic E-state index is 0.0357. The molecule has 0 unspecified atom stereocenters. The van der Waals surface area contributed by atoms with Gasteiger partial charge < -0.3 is 19.7 Å². The number of unbranched alkanes of at least 4 members (excludes halogenated alkanes) is 4. The van der Waals surface area contributed by atoms with Crippen molar-refractivity contribution >= 4 is 11.9 Å². The lowest BCUT2D eigenvalue weighted by molar-refractivity contribution is -0.00414. The van der Waals surface area contributed by atoms with Crippen LogP contribution in [-0.2, 0) is 0 Å². The molecule has 0 aliphatic heterocycles. The molecule has 150 valence electrons. The lowest BCUT2D eigenvalue weighted by atomic mass is 10.1. The molecule has 28 heavy (non-hydrogen) atoms. The van der Waals surface area contributed by atoms with Gasteiger partial charge >= 0.3 is 11.9 Å². The van der Waals surface area contributed by atoms with E-state index in [1.165, 1.54) is 12.1 Å². The van der Waals surface area contributed by atoms with Crippen LogP contribution in [0, 0.1) is 0 Å². The largest absolute Gasteiger partial charge is 0.478 e. The predicted molar refractivity (Wildman–Crippen MR) is 105 cm³/mol. The lowest BCUT2D eigenvalue weighted by Crippen LogP contribution is -2.25. The van der Waals surface area contributed by atoms with Crippen molar-refractivity contribution in [1.29, 1.82) is 0 Å². The van der Waals surface area contributed by atoms with Crippen LogP contribution in [0.25, 0.3) is 0 Å². The van der Waals surface area contributed by atoms with Gasteiger partial charge in [-0.25, -0.2) is 9.59 Å². The van der Waals surface area contributed by atoms with E-state index < -0.39 is 18.2 Å². The van der Waals surface area contributed by atoms with Crippen LogP contribution in [0.2, 0.25) is 0 Å². The summed E-state index contributed by atoms with van der Waals surface area (Å²) in [5, 5.41) is 18.7. The zero-order chi connectivity index (χ0) is 20.4. The summed E-state index contributed by atoms with van der Waals surface area (Å²) in [4.78, 5) is 22.9. The van der Waals surface area contributed by atoms with Gasteiger partial charge in [-0.15, -0.1) is 0 Å². The Balaban J connectivity index is 2.18. The second kappa shape index (κ2) is 11.0. The number of benzene rings is 2. The molecule has 6 nitrogen and oxygen atoms in total. The molecule has 0 amide bonds. The molecule has 2 aromatic carbocycles. The van der Waals surface area contributed by atoms with E-state index in [1.54, 1.807) is 36.4 Å². The quantitative estimate of drug-likeness (QED) is 0.383. The standard InChI is InChI=1S/C22H26O6/c1-2-3-4-5-6-15-20(27-18-13-9-7-11-16(18)21(23)24)28-19-14-10-8-12-17(19)22(25)26/h7-14,20H,2-6,15H2,1H3,(H,23,24)(H,25,26). The second-order valence-corrected chi connectivity index (χ2v) is 6.47. The first-order chi connectivity index (χ1) is 13.5. The van der Waals surface area contributed by atoms with E-state index in [9.17, 15) is 19.8 Å². The summed E-state index contributed by atoms with van der Waals surface area (Å²) in [5.74, 6) is -1.80. The number of hydrogen-bond acceptors (Lipinski definition) is 4. The minimum atomic E-state index is -1.09. The monoisotopic (exact) mass is 386 g/mol. The van der Waals surface area contributed by atoms with E-state index in [0.717, 1.165) is 32.1 Å². The fourth-order valence-electron chi connectivity index (χ4n) is 2.83. The van der Waals surface area contributed by atoms with Gasteiger partial charge in [0.15, 0.2) is 0 Å². The van der Waals surface area contributed by atoms with Gasteiger partial charge in [-0.3, -0.25) is 0 Å². The molecule has 0 bridgehead atoms. The molecule has 6 heteroatoms.